The van der Waals surface area contributed by atoms with Crippen molar-refractivity contribution in [3.63, 3.8) is 0 Å². The lowest BCUT2D eigenvalue weighted by atomic mass is 10.3. The number of pyridine rings is 1. The molecule has 130 valence electrons. The number of nitrogens with zero attached hydrogens (tertiary/aromatic N) is 3. The number of rotatable bonds is 4. The lowest BCUT2D eigenvalue weighted by molar-refractivity contribution is 0.176. The smallest absolute Gasteiger partial charge is 0.415 e. The first-order chi connectivity index (χ1) is 12.0. The molecule has 0 aliphatic carbocycles. The summed E-state index contributed by atoms with van der Waals surface area (Å²) in [4.78, 5) is 19.3. The minimum Gasteiger partial charge on any atom is -0.452 e. The summed E-state index contributed by atoms with van der Waals surface area (Å²) >= 11 is 0. The van der Waals surface area contributed by atoms with E-state index in [0.29, 0.717) is 16.4 Å². The summed E-state index contributed by atoms with van der Waals surface area (Å²) < 4.78 is 19.3. The fourth-order valence-corrected chi connectivity index (χ4v) is 3.61. The van der Waals surface area contributed by atoms with Gasteiger partial charge in [-0.15, -0.1) is 0 Å². The number of carbonyl (C=O) groups is 1. The molecule has 1 unspecified atom stereocenters. The van der Waals surface area contributed by atoms with Crippen molar-refractivity contribution in [1.82, 2.24) is 9.38 Å². The average Bonchev–Trinajstić information content (AvgIpc) is 3.03. The summed E-state index contributed by atoms with van der Waals surface area (Å²) in [6.45, 7) is 3.77. The zero-order chi connectivity index (χ0) is 18.0. The molecule has 3 aromatic rings. The van der Waals surface area contributed by atoms with E-state index in [0.717, 1.165) is 4.90 Å². The third-order valence-electron chi connectivity index (χ3n) is 3.72. The molecule has 1 amide bonds. The van der Waals surface area contributed by atoms with E-state index in [9.17, 15) is 9.00 Å². The second-order valence-electron chi connectivity index (χ2n) is 5.74. The second-order valence-corrected chi connectivity index (χ2v) is 7.23. The summed E-state index contributed by atoms with van der Waals surface area (Å²) in [5.41, 5.74) is 0.665. The molecule has 2 aromatic heterocycles. The number of benzene rings is 1. The highest BCUT2D eigenvalue weighted by atomic mass is 32.2. The number of imidazole rings is 1. The molecule has 1 aromatic carbocycles. The average molecular weight is 357 g/mol. The van der Waals surface area contributed by atoms with E-state index in [1.165, 1.54) is 12.0 Å². The zero-order valence-electron chi connectivity index (χ0n) is 14.2. The maximum absolute atomic E-state index is 12.7. The van der Waals surface area contributed by atoms with Crippen molar-refractivity contribution in [3.8, 4) is 0 Å². The molecule has 0 bridgehead atoms. The molecule has 3 rings (SSSR count). The molecular formula is C18H19N3O3S. The van der Waals surface area contributed by atoms with Crippen LogP contribution in [0.3, 0.4) is 0 Å². The summed E-state index contributed by atoms with van der Waals surface area (Å²) in [6.07, 6.45) is 3.04. The van der Waals surface area contributed by atoms with Crippen LogP contribution in [0.2, 0.25) is 0 Å². The van der Waals surface area contributed by atoms with E-state index in [1.807, 2.05) is 44.2 Å². The van der Waals surface area contributed by atoms with Crippen LogP contribution in [0.15, 0.2) is 64.6 Å². The van der Waals surface area contributed by atoms with Gasteiger partial charge in [0.2, 0.25) is 0 Å². The summed E-state index contributed by atoms with van der Waals surface area (Å²) in [5.74, 6) is 0.490. The van der Waals surface area contributed by atoms with Gasteiger partial charge in [0.25, 0.3) is 0 Å². The van der Waals surface area contributed by atoms with Crippen molar-refractivity contribution in [2.45, 2.75) is 29.7 Å². The third kappa shape index (κ3) is 3.41. The van der Waals surface area contributed by atoms with Crippen LogP contribution >= 0.6 is 0 Å². The topological polar surface area (TPSA) is 63.9 Å². The highest BCUT2D eigenvalue weighted by molar-refractivity contribution is 7.85. The molecule has 0 spiro atoms. The lowest BCUT2D eigenvalue weighted by Crippen LogP contribution is -2.37. The predicted octanol–water partition coefficient (Wildman–Crippen LogP) is 3.48. The molecule has 6 nitrogen and oxygen atoms in total. The summed E-state index contributed by atoms with van der Waals surface area (Å²) in [6, 6.07) is 12.7. The first kappa shape index (κ1) is 17.2. The standard InChI is InChI=1S/C18H19N3O3S/c1-13(2)21(18(22)24-3)17-12-20-11-15(9-10-16(20)19-17)25(23)14-7-5-4-6-8-14/h4-13H,1-3H3. The molecule has 0 aliphatic heterocycles. The maximum atomic E-state index is 12.7. The van der Waals surface area contributed by atoms with Crippen molar-refractivity contribution < 1.29 is 13.7 Å². The lowest BCUT2D eigenvalue weighted by Gasteiger charge is -2.22. The number of carbonyl (C=O) groups excluding carboxylic acids is 1. The van der Waals surface area contributed by atoms with E-state index in [1.54, 1.807) is 28.9 Å². The van der Waals surface area contributed by atoms with Crippen LogP contribution in [0, 0.1) is 0 Å². The number of amides is 1. The Morgan fingerprint density at radius 3 is 2.48 bits per heavy atom. The van der Waals surface area contributed by atoms with Crippen LogP contribution in [0.4, 0.5) is 10.6 Å². The van der Waals surface area contributed by atoms with E-state index < -0.39 is 16.9 Å². The summed E-state index contributed by atoms with van der Waals surface area (Å²) in [7, 11) is 0.0646. The molecule has 2 heterocycles. The van der Waals surface area contributed by atoms with Crippen LogP contribution < -0.4 is 4.90 Å². The number of hydrogen-bond donors (Lipinski definition) is 0. The number of anilines is 1. The number of ether oxygens (including phenoxy) is 1. The van der Waals surface area contributed by atoms with Gasteiger partial charge in [-0.3, -0.25) is 4.90 Å². The van der Waals surface area contributed by atoms with Gasteiger partial charge in [0.05, 0.1) is 29.0 Å². The Morgan fingerprint density at radius 2 is 1.84 bits per heavy atom. The van der Waals surface area contributed by atoms with Crippen LogP contribution in [0.25, 0.3) is 5.65 Å². The first-order valence-electron chi connectivity index (χ1n) is 7.84. The largest absolute Gasteiger partial charge is 0.452 e. The molecular weight excluding hydrogens is 338 g/mol. The van der Waals surface area contributed by atoms with Gasteiger partial charge in [0.1, 0.15) is 5.65 Å². The fourth-order valence-electron chi connectivity index (χ4n) is 2.53. The highest BCUT2D eigenvalue weighted by Crippen LogP contribution is 2.21. The van der Waals surface area contributed by atoms with Gasteiger partial charge in [-0.2, -0.15) is 0 Å². The molecule has 0 fully saturated rings. The fraction of sp³-hybridized carbons (Fsp3) is 0.222. The second kappa shape index (κ2) is 7.06. The normalized spacial score (nSPS) is 12.3. The minimum absolute atomic E-state index is 0.102. The van der Waals surface area contributed by atoms with E-state index >= 15 is 0 Å². The van der Waals surface area contributed by atoms with Gasteiger partial charge < -0.3 is 9.14 Å². The van der Waals surface area contributed by atoms with Crippen molar-refractivity contribution in [2.75, 3.05) is 12.0 Å². The van der Waals surface area contributed by atoms with Gasteiger partial charge in [-0.25, -0.2) is 14.0 Å². The number of methoxy groups -OCH3 is 1. The van der Waals surface area contributed by atoms with Crippen LogP contribution in [-0.4, -0.2) is 32.8 Å². The Balaban J connectivity index is 1.99. The third-order valence-corrected chi connectivity index (χ3v) is 5.09. The van der Waals surface area contributed by atoms with E-state index in [4.69, 9.17) is 4.74 Å². The SMILES string of the molecule is COC(=O)N(c1cn2cc(S(=O)c3ccccc3)ccc2n1)C(C)C. The minimum atomic E-state index is -1.28. The molecule has 0 aliphatic rings. The van der Waals surface area contributed by atoms with Gasteiger partial charge in [-0.1, -0.05) is 18.2 Å². The van der Waals surface area contributed by atoms with Crippen molar-refractivity contribution in [2.24, 2.45) is 0 Å². The van der Waals surface area contributed by atoms with Crippen molar-refractivity contribution >= 4 is 28.4 Å². The van der Waals surface area contributed by atoms with Crippen LogP contribution in [0.5, 0.6) is 0 Å². The van der Waals surface area contributed by atoms with Crippen LogP contribution in [-0.2, 0) is 15.5 Å². The number of aromatic nitrogens is 2. The molecule has 7 heteroatoms. The van der Waals surface area contributed by atoms with Gasteiger partial charge in [-0.05, 0) is 38.1 Å². The summed E-state index contributed by atoms with van der Waals surface area (Å²) in [5, 5.41) is 0. The van der Waals surface area contributed by atoms with Gasteiger partial charge in [0, 0.05) is 17.1 Å². The van der Waals surface area contributed by atoms with E-state index in [2.05, 4.69) is 4.98 Å². The predicted molar refractivity (Wildman–Crippen MR) is 96.3 cm³/mol. The molecule has 0 saturated carbocycles. The van der Waals surface area contributed by atoms with Gasteiger partial charge >= 0.3 is 6.09 Å². The van der Waals surface area contributed by atoms with Gasteiger partial charge in [0.15, 0.2) is 5.82 Å². The molecule has 0 radical (unpaired) electrons. The Hall–Kier alpha value is -2.67. The monoisotopic (exact) mass is 357 g/mol. The quantitative estimate of drug-likeness (QED) is 0.717. The number of hydrogen-bond acceptors (Lipinski definition) is 4. The Morgan fingerprint density at radius 1 is 1.12 bits per heavy atom. The molecule has 25 heavy (non-hydrogen) atoms. The molecule has 0 N–H and O–H groups in total. The Kier molecular flexibility index (Phi) is 4.85. The maximum Gasteiger partial charge on any atom is 0.415 e. The van der Waals surface area contributed by atoms with Crippen molar-refractivity contribution in [1.29, 1.82) is 0 Å². The Labute approximate surface area is 148 Å². The zero-order valence-corrected chi connectivity index (χ0v) is 15.1. The number of fused-ring (bicyclic) bond motifs is 1. The van der Waals surface area contributed by atoms with E-state index in [-0.39, 0.29) is 6.04 Å². The molecule has 1 atom stereocenters. The van der Waals surface area contributed by atoms with Crippen molar-refractivity contribution in [3.05, 3.63) is 54.9 Å². The van der Waals surface area contributed by atoms with Crippen LogP contribution in [0.1, 0.15) is 13.8 Å². The first-order valence-corrected chi connectivity index (χ1v) is 8.99. The highest BCUT2D eigenvalue weighted by Gasteiger charge is 2.22. The molecule has 0 saturated heterocycles. The Bertz CT molecular complexity index is 922.